The van der Waals surface area contributed by atoms with Gasteiger partial charge in [-0.15, -0.1) is 0 Å². The fourth-order valence-corrected chi connectivity index (χ4v) is 4.72. The highest BCUT2D eigenvalue weighted by Crippen LogP contribution is 2.50. The zero-order chi connectivity index (χ0) is 23.2. The summed E-state index contributed by atoms with van der Waals surface area (Å²) in [7, 11) is 0. The van der Waals surface area contributed by atoms with Gasteiger partial charge in [-0.2, -0.15) is 0 Å². The molecule has 2 aliphatic rings. The monoisotopic (exact) mass is 438 g/mol. The molecule has 4 rings (SSSR count). The van der Waals surface area contributed by atoms with E-state index in [0.717, 1.165) is 4.90 Å². The molecule has 0 bridgehead atoms. The number of nitrogens with one attached hydrogen (secondary N) is 1. The molecule has 166 valence electrons. The minimum atomic E-state index is -1.53. The van der Waals surface area contributed by atoms with Gasteiger partial charge in [0.25, 0.3) is 0 Å². The maximum Gasteiger partial charge on any atom is 0.326 e. The molecule has 8 heteroatoms. The number of esters is 1. The first-order valence-corrected chi connectivity index (χ1v) is 10.4. The molecule has 0 saturated carbocycles. The second-order valence-corrected chi connectivity index (χ2v) is 8.19. The van der Waals surface area contributed by atoms with E-state index in [0.29, 0.717) is 5.56 Å². The molecule has 7 nitrogen and oxygen atoms in total. The minimum Gasteiger partial charge on any atom is -0.465 e. The molecule has 0 radical (unpaired) electrons. The van der Waals surface area contributed by atoms with Crippen molar-refractivity contribution in [3.8, 4) is 0 Å². The summed E-state index contributed by atoms with van der Waals surface area (Å²) in [6.07, 6.45) is 0. The maximum atomic E-state index is 14.7. The number of fused-ring (bicyclic) bond motifs is 1. The maximum absolute atomic E-state index is 14.7. The summed E-state index contributed by atoms with van der Waals surface area (Å²) in [4.78, 5) is 52.8. The van der Waals surface area contributed by atoms with Gasteiger partial charge in [0, 0.05) is 17.2 Å². The lowest BCUT2D eigenvalue weighted by Gasteiger charge is -2.29. The van der Waals surface area contributed by atoms with E-state index in [2.05, 4.69) is 5.32 Å². The van der Waals surface area contributed by atoms with Gasteiger partial charge in [-0.3, -0.25) is 24.5 Å². The van der Waals surface area contributed by atoms with Gasteiger partial charge in [0.2, 0.25) is 11.8 Å². The Morgan fingerprint density at radius 1 is 1.12 bits per heavy atom. The number of anilines is 1. The third kappa shape index (κ3) is 3.22. The lowest BCUT2D eigenvalue weighted by molar-refractivity contribution is -0.153. The molecule has 2 aliphatic heterocycles. The molecule has 2 heterocycles. The van der Waals surface area contributed by atoms with Crippen LogP contribution in [0.15, 0.2) is 48.5 Å². The first-order chi connectivity index (χ1) is 15.2. The third-order valence-electron chi connectivity index (χ3n) is 6.24. The first kappa shape index (κ1) is 21.8. The predicted octanol–water partition coefficient (Wildman–Crippen LogP) is 2.80. The molecule has 0 aromatic heterocycles. The number of halogens is 1. The number of Topliss-reactive ketones (excluding diaryl/α,β-unsaturated/α-hetero) is 1. The quantitative estimate of drug-likeness (QED) is 0.438. The van der Waals surface area contributed by atoms with Crippen LogP contribution in [-0.4, -0.2) is 35.7 Å². The smallest absolute Gasteiger partial charge is 0.326 e. The molecule has 1 N–H and O–H groups in total. The molecule has 4 atom stereocenters. The van der Waals surface area contributed by atoms with Crippen molar-refractivity contribution in [3.05, 3.63) is 65.5 Å². The minimum absolute atomic E-state index is 0.0877. The van der Waals surface area contributed by atoms with Crippen molar-refractivity contribution in [2.45, 2.75) is 32.4 Å². The Labute approximate surface area is 184 Å². The Hall–Kier alpha value is -3.39. The number of carbonyl (C=O) groups excluding carboxylic acids is 4. The van der Waals surface area contributed by atoms with E-state index in [9.17, 15) is 23.6 Å². The van der Waals surface area contributed by atoms with E-state index in [-0.39, 0.29) is 23.6 Å². The second-order valence-electron chi connectivity index (χ2n) is 8.19. The first-order valence-electron chi connectivity index (χ1n) is 10.4. The largest absolute Gasteiger partial charge is 0.465 e. The number of hydrogen-bond donors (Lipinski definition) is 1. The van der Waals surface area contributed by atoms with E-state index in [1.807, 2.05) is 0 Å². The van der Waals surface area contributed by atoms with Gasteiger partial charge in [-0.1, -0.05) is 30.3 Å². The molecule has 0 spiro atoms. The summed E-state index contributed by atoms with van der Waals surface area (Å²) in [5.74, 6) is -4.72. The van der Waals surface area contributed by atoms with E-state index < -0.39 is 47.0 Å². The summed E-state index contributed by atoms with van der Waals surface area (Å²) < 4.78 is 19.9. The lowest BCUT2D eigenvalue weighted by Crippen LogP contribution is -2.54. The van der Waals surface area contributed by atoms with Crippen molar-refractivity contribution < 1.29 is 28.3 Å². The van der Waals surface area contributed by atoms with Crippen LogP contribution in [-0.2, 0) is 19.1 Å². The van der Waals surface area contributed by atoms with Gasteiger partial charge < -0.3 is 4.74 Å². The zero-order valence-corrected chi connectivity index (χ0v) is 17.9. The number of hydrogen-bond acceptors (Lipinski definition) is 6. The van der Waals surface area contributed by atoms with Crippen molar-refractivity contribution in [3.63, 3.8) is 0 Å². The van der Waals surface area contributed by atoms with Gasteiger partial charge in [-0.25, -0.2) is 9.29 Å². The van der Waals surface area contributed by atoms with Crippen LogP contribution in [0, 0.1) is 17.7 Å². The topological polar surface area (TPSA) is 92.8 Å². The number of nitrogens with zero attached hydrogens (tertiary/aromatic N) is 1. The van der Waals surface area contributed by atoms with Gasteiger partial charge in [-0.05, 0) is 39.0 Å². The molecular formula is C24H23FN2O5. The Balaban J connectivity index is 1.84. The van der Waals surface area contributed by atoms with Gasteiger partial charge in [0.1, 0.15) is 11.4 Å². The zero-order valence-electron chi connectivity index (χ0n) is 17.9. The summed E-state index contributed by atoms with van der Waals surface area (Å²) in [6, 6.07) is 11.2. The highest BCUT2D eigenvalue weighted by atomic mass is 19.1. The second kappa shape index (κ2) is 7.94. The van der Waals surface area contributed by atoms with Crippen LogP contribution < -0.4 is 10.2 Å². The van der Waals surface area contributed by atoms with Crippen LogP contribution in [0.2, 0.25) is 0 Å². The molecule has 0 aliphatic carbocycles. The molecule has 2 aromatic rings. The van der Waals surface area contributed by atoms with Crippen LogP contribution in [0.1, 0.15) is 42.7 Å². The number of ether oxygens (including phenoxy) is 1. The Morgan fingerprint density at radius 3 is 2.50 bits per heavy atom. The van der Waals surface area contributed by atoms with E-state index >= 15 is 0 Å². The van der Waals surface area contributed by atoms with Crippen molar-refractivity contribution in [1.82, 2.24) is 5.32 Å². The SMILES string of the molecule is CCOC(=O)[C@]1(C)N[C@H](c2ccccc2F)[C@H]2C(=O)N(c3cccc(C(C)=O)c3)C(=O)[C@@H]21. The number of benzene rings is 2. The van der Waals surface area contributed by atoms with Crippen LogP contribution in [0.4, 0.5) is 10.1 Å². The molecule has 2 fully saturated rings. The number of carbonyl (C=O) groups is 4. The number of rotatable bonds is 5. The summed E-state index contributed by atoms with van der Waals surface area (Å²) in [5, 5.41) is 3.04. The van der Waals surface area contributed by atoms with Crippen molar-refractivity contribution >= 4 is 29.3 Å². The van der Waals surface area contributed by atoms with Crippen LogP contribution in [0.5, 0.6) is 0 Å². The van der Waals surface area contributed by atoms with Crippen LogP contribution >= 0.6 is 0 Å². The average Bonchev–Trinajstić information content (AvgIpc) is 3.22. The Morgan fingerprint density at radius 2 is 1.84 bits per heavy atom. The fraction of sp³-hybridized carbons (Fsp3) is 0.333. The van der Waals surface area contributed by atoms with E-state index in [1.54, 1.807) is 31.2 Å². The third-order valence-corrected chi connectivity index (χ3v) is 6.24. The van der Waals surface area contributed by atoms with E-state index in [1.165, 1.54) is 38.1 Å². The number of imide groups is 1. The Kier molecular flexibility index (Phi) is 5.42. The van der Waals surface area contributed by atoms with Crippen LogP contribution in [0.3, 0.4) is 0 Å². The average molecular weight is 438 g/mol. The van der Waals surface area contributed by atoms with E-state index in [4.69, 9.17) is 4.74 Å². The van der Waals surface area contributed by atoms with Crippen molar-refractivity contribution in [1.29, 1.82) is 0 Å². The molecule has 2 amide bonds. The van der Waals surface area contributed by atoms with Crippen molar-refractivity contribution in [2.75, 3.05) is 11.5 Å². The van der Waals surface area contributed by atoms with Gasteiger partial charge in [0.15, 0.2) is 5.78 Å². The standard InChI is InChI=1S/C24H23FN2O5/c1-4-32-23(31)24(3)19-18(20(26-24)16-10-5-6-11-17(16)25)21(29)27(22(19)30)15-9-7-8-14(12-15)13(2)28/h5-12,18-20,26H,4H2,1-3H3/t18-,19+,20+,24+/m0/s1. The number of amides is 2. The van der Waals surface area contributed by atoms with Crippen molar-refractivity contribution in [2.24, 2.45) is 11.8 Å². The number of ketones is 1. The highest BCUT2D eigenvalue weighted by Gasteiger charge is 2.67. The molecule has 2 saturated heterocycles. The summed E-state index contributed by atoms with van der Waals surface area (Å²) in [5.41, 5.74) is -0.762. The molecule has 2 aromatic carbocycles. The highest BCUT2D eigenvalue weighted by molar-refractivity contribution is 6.24. The normalized spacial score (nSPS) is 26.9. The van der Waals surface area contributed by atoms with Gasteiger partial charge >= 0.3 is 5.97 Å². The Bertz CT molecular complexity index is 1130. The van der Waals surface area contributed by atoms with Gasteiger partial charge in [0.05, 0.1) is 24.1 Å². The summed E-state index contributed by atoms with van der Waals surface area (Å²) in [6.45, 7) is 4.62. The molecular weight excluding hydrogens is 415 g/mol. The molecule has 0 unspecified atom stereocenters. The van der Waals surface area contributed by atoms with Crippen LogP contribution in [0.25, 0.3) is 0 Å². The molecule has 32 heavy (non-hydrogen) atoms. The summed E-state index contributed by atoms with van der Waals surface area (Å²) >= 11 is 0. The lowest BCUT2D eigenvalue weighted by atomic mass is 9.80. The fourth-order valence-electron chi connectivity index (χ4n) is 4.72. The predicted molar refractivity (Wildman–Crippen MR) is 113 cm³/mol.